The first-order chi connectivity index (χ1) is 9.31. The molecule has 0 unspecified atom stereocenters. The summed E-state index contributed by atoms with van der Waals surface area (Å²) in [5.74, 6) is 0.221. The largest absolute Gasteiger partial charge is 0.376 e. The van der Waals surface area contributed by atoms with E-state index in [0.29, 0.717) is 12.6 Å². The van der Waals surface area contributed by atoms with Crippen LogP contribution in [0.3, 0.4) is 0 Å². The summed E-state index contributed by atoms with van der Waals surface area (Å²) in [7, 11) is 0. The van der Waals surface area contributed by atoms with Crippen molar-refractivity contribution in [2.24, 2.45) is 0 Å². The highest BCUT2D eigenvalue weighted by Gasteiger charge is 2.23. The fourth-order valence-corrected chi connectivity index (χ4v) is 2.87. The fraction of sp³-hybridized carbons (Fsp3) is 0.562. The molecule has 1 aromatic rings. The molecule has 1 aliphatic carbocycles. The number of nitrogens with one attached hydrogen (secondary N) is 1. The van der Waals surface area contributed by atoms with Crippen molar-refractivity contribution in [3.05, 3.63) is 30.3 Å². The van der Waals surface area contributed by atoms with Gasteiger partial charge in [-0.05, 0) is 31.9 Å². The standard InChI is InChI=1S/C16H24N2O/c1-2-18(15-11-7-4-8-12-15)16(19)13-17-14-9-5-3-6-10-14/h3,5-6,9-10,15,17H,2,4,7-8,11-13H2,1H3. The lowest BCUT2D eigenvalue weighted by molar-refractivity contribution is -0.132. The molecule has 0 aromatic heterocycles. The molecule has 0 heterocycles. The van der Waals surface area contributed by atoms with Crippen LogP contribution in [0.1, 0.15) is 39.0 Å². The number of hydrogen-bond acceptors (Lipinski definition) is 2. The minimum Gasteiger partial charge on any atom is -0.376 e. The summed E-state index contributed by atoms with van der Waals surface area (Å²) in [4.78, 5) is 14.4. The van der Waals surface area contributed by atoms with E-state index in [2.05, 4.69) is 17.1 Å². The lowest BCUT2D eigenvalue weighted by atomic mass is 9.94. The predicted molar refractivity (Wildman–Crippen MR) is 79.2 cm³/mol. The highest BCUT2D eigenvalue weighted by atomic mass is 16.2. The Morgan fingerprint density at radius 2 is 1.89 bits per heavy atom. The van der Waals surface area contributed by atoms with Crippen molar-refractivity contribution in [1.82, 2.24) is 4.90 Å². The Kier molecular flexibility index (Phi) is 5.25. The van der Waals surface area contributed by atoms with E-state index in [1.165, 1.54) is 32.1 Å². The monoisotopic (exact) mass is 260 g/mol. The third-order valence-corrected chi connectivity index (χ3v) is 3.89. The Balaban J connectivity index is 1.86. The number of amides is 1. The average Bonchev–Trinajstić information content (AvgIpc) is 2.48. The van der Waals surface area contributed by atoms with E-state index in [1.807, 2.05) is 30.3 Å². The number of carbonyl (C=O) groups is 1. The normalized spacial score (nSPS) is 16.1. The van der Waals surface area contributed by atoms with E-state index < -0.39 is 0 Å². The van der Waals surface area contributed by atoms with Gasteiger partial charge in [-0.25, -0.2) is 0 Å². The molecule has 1 aliphatic rings. The van der Waals surface area contributed by atoms with Crippen molar-refractivity contribution in [2.45, 2.75) is 45.1 Å². The van der Waals surface area contributed by atoms with E-state index >= 15 is 0 Å². The Morgan fingerprint density at radius 3 is 2.53 bits per heavy atom. The van der Waals surface area contributed by atoms with Gasteiger partial charge in [0.15, 0.2) is 0 Å². The zero-order valence-electron chi connectivity index (χ0n) is 11.8. The molecule has 0 aliphatic heterocycles. The molecule has 0 atom stereocenters. The second-order valence-corrected chi connectivity index (χ2v) is 5.19. The number of nitrogens with zero attached hydrogens (tertiary/aromatic N) is 1. The summed E-state index contributed by atoms with van der Waals surface area (Å²) in [5, 5.41) is 3.21. The number of para-hydroxylation sites is 1. The van der Waals surface area contributed by atoms with Crippen LogP contribution in [-0.4, -0.2) is 29.9 Å². The molecule has 104 valence electrons. The quantitative estimate of drug-likeness (QED) is 0.881. The summed E-state index contributed by atoms with van der Waals surface area (Å²) < 4.78 is 0. The number of likely N-dealkylation sites (N-methyl/N-ethyl adjacent to an activating group) is 1. The van der Waals surface area contributed by atoms with Gasteiger partial charge in [-0.2, -0.15) is 0 Å². The summed E-state index contributed by atoms with van der Waals surface area (Å²) in [6.45, 7) is 3.29. The van der Waals surface area contributed by atoms with Crippen LogP contribution in [-0.2, 0) is 4.79 Å². The first-order valence-corrected chi connectivity index (χ1v) is 7.39. The van der Waals surface area contributed by atoms with Crippen LogP contribution >= 0.6 is 0 Å². The Labute approximate surface area is 116 Å². The van der Waals surface area contributed by atoms with Crippen LogP contribution in [0.2, 0.25) is 0 Å². The minimum absolute atomic E-state index is 0.221. The average molecular weight is 260 g/mol. The molecule has 0 radical (unpaired) electrons. The third-order valence-electron chi connectivity index (χ3n) is 3.89. The van der Waals surface area contributed by atoms with Crippen LogP contribution in [0.4, 0.5) is 5.69 Å². The molecule has 3 nitrogen and oxygen atoms in total. The Bertz CT molecular complexity index is 385. The van der Waals surface area contributed by atoms with Gasteiger partial charge in [0.2, 0.25) is 5.91 Å². The topological polar surface area (TPSA) is 32.3 Å². The van der Waals surface area contributed by atoms with Crippen molar-refractivity contribution in [3.8, 4) is 0 Å². The van der Waals surface area contributed by atoms with Gasteiger partial charge in [-0.1, -0.05) is 37.5 Å². The highest BCUT2D eigenvalue weighted by Crippen LogP contribution is 2.22. The van der Waals surface area contributed by atoms with Gasteiger partial charge in [0, 0.05) is 18.3 Å². The van der Waals surface area contributed by atoms with Crippen LogP contribution in [0.15, 0.2) is 30.3 Å². The maximum absolute atomic E-state index is 12.3. The third kappa shape index (κ3) is 3.98. The first-order valence-electron chi connectivity index (χ1n) is 7.39. The molecular formula is C16H24N2O. The highest BCUT2D eigenvalue weighted by molar-refractivity contribution is 5.81. The summed E-state index contributed by atoms with van der Waals surface area (Å²) in [5.41, 5.74) is 1.01. The zero-order chi connectivity index (χ0) is 13.5. The molecule has 0 spiro atoms. The molecule has 1 fully saturated rings. The van der Waals surface area contributed by atoms with Crippen molar-refractivity contribution >= 4 is 11.6 Å². The lowest BCUT2D eigenvalue weighted by Gasteiger charge is -2.33. The van der Waals surface area contributed by atoms with E-state index in [1.54, 1.807) is 0 Å². The van der Waals surface area contributed by atoms with Gasteiger partial charge in [-0.3, -0.25) is 4.79 Å². The molecule has 2 rings (SSSR count). The molecule has 19 heavy (non-hydrogen) atoms. The van der Waals surface area contributed by atoms with E-state index in [9.17, 15) is 4.79 Å². The second kappa shape index (κ2) is 7.17. The van der Waals surface area contributed by atoms with Crippen molar-refractivity contribution in [3.63, 3.8) is 0 Å². The minimum atomic E-state index is 0.221. The van der Waals surface area contributed by atoms with Gasteiger partial charge < -0.3 is 10.2 Å². The van der Waals surface area contributed by atoms with E-state index in [-0.39, 0.29) is 5.91 Å². The van der Waals surface area contributed by atoms with Crippen LogP contribution in [0, 0.1) is 0 Å². The van der Waals surface area contributed by atoms with Gasteiger partial charge in [-0.15, -0.1) is 0 Å². The summed E-state index contributed by atoms with van der Waals surface area (Å²) >= 11 is 0. The summed E-state index contributed by atoms with van der Waals surface area (Å²) in [6.07, 6.45) is 6.20. The Morgan fingerprint density at radius 1 is 1.21 bits per heavy atom. The smallest absolute Gasteiger partial charge is 0.242 e. The van der Waals surface area contributed by atoms with Crippen LogP contribution in [0.25, 0.3) is 0 Å². The van der Waals surface area contributed by atoms with Crippen LogP contribution < -0.4 is 5.32 Å². The molecule has 0 saturated heterocycles. The van der Waals surface area contributed by atoms with E-state index in [4.69, 9.17) is 0 Å². The summed E-state index contributed by atoms with van der Waals surface area (Å²) in [6, 6.07) is 10.4. The molecule has 0 bridgehead atoms. The number of carbonyl (C=O) groups excluding carboxylic acids is 1. The second-order valence-electron chi connectivity index (χ2n) is 5.19. The lowest BCUT2D eigenvalue weighted by Crippen LogP contribution is -2.43. The van der Waals surface area contributed by atoms with Gasteiger partial charge in [0.25, 0.3) is 0 Å². The number of rotatable bonds is 5. The molecule has 1 N–H and O–H groups in total. The molecule has 1 aromatic carbocycles. The maximum Gasteiger partial charge on any atom is 0.242 e. The van der Waals surface area contributed by atoms with E-state index in [0.717, 1.165) is 12.2 Å². The first kappa shape index (κ1) is 13.9. The molecular weight excluding hydrogens is 236 g/mol. The van der Waals surface area contributed by atoms with Crippen LogP contribution in [0.5, 0.6) is 0 Å². The van der Waals surface area contributed by atoms with Gasteiger partial charge in [0.1, 0.15) is 0 Å². The number of hydrogen-bond donors (Lipinski definition) is 1. The van der Waals surface area contributed by atoms with Crippen molar-refractivity contribution in [1.29, 1.82) is 0 Å². The molecule has 3 heteroatoms. The van der Waals surface area contributed by atoms with Crippen molar-refractivity contribution in [2.75, 3.05) is 18.4 Å². The predicted octanol–water partition coefficient (Wildman–Crippen LogP) is 3.28. The zero-order valence-corrected chi connectivity index (χ0v) is 11.8. The van der Waals surface area contributed by atoms with Crippen molar-refractivity contribution < 1.29 is 4.79 Å². The van der Waals surface area contributed by atoms with Gasteiger partial charge >= 0.3 is 0 Å². The van der Waals surface area contributed by atoms with Gasteiger partial charge in [0.05, 0.1) is 6.54 Å². The fourth-order valence-electron chi connectivity index (χ4n) is 2.87. The molecule has 1 saturated carbocycles. The number of anilines is 1. The SMILES string of the molecule is CCN(C(=O)CNc1ccccc1)C1CCCCC1. The molecule has 1 amide bonds. The maximum atomic E-state index is 12.3. The Hall–Kier alpha value is -1.51. The number of benzene rings is 1.